The fourth-order valence-corrected chi connectivity index (χ4v) is 1.33. The van der Waals surface area contributed by atoms with Crippen LogP contribution in [0.5, 0.6) is 0 Å². The molecule has 0 spiro atoms. The molecule has 0 radical (unpaired) electrons. The highest BCUT2D eigenvalue weighted by Crippen LogP contribution is 2.02. The first-order valence-corrected chi connectivity index (χ1v) is 6.23. The van der Waals surface area contributed by atoms with Crippen molar-refractivity contribution in [2.45, 2.75) is 39.3 Å². The van der Waals surface area contributed by atoms with Gasteiger partial charge in [0.1, 0.15) is 6.04 Å². The van der Waals surface area contributed by atoms with Crippen LogP contribution in [0, 0.1) is 18.3 Å². The predicted molar refractivity (Wildman–Crippen MR) is 71.7 cm³/mol. The maximum atomic E-state index is 11.7. The Hall–Kier alpha value is -1.74. The van der Waals surface area contributed by atoms with Gasteiger partial charge in [0.05, 0.1) is 12.6 Å². The highest BCUT2D eigenvalue weighted by Gasteiger charge is 2.21. The van der Waals surface area contributed by atoms with Crippen LogP contribution in [0.25, 0.3) is 0 Å². The second kappa shape index (κ2) is 9.22. The summed E-state index contributed by atoms with van der Waals surface area (Å²) in [5.41, 5.74) is 0. The fourth-order valence-electron chi connectivity index (χ4n) is 1.33. The van der Waals surface area contributed by atoms with Crippen LogP contribution in [0.15, 0.2) is 0 Å². The van der Waals surface area contributed by atoms with Crippen molar-refractivity contribution in [3.05, 3.63) is 0 Å². The van der Waals surface area contributed by atoms with E-state index in [1.807, 2.05) is 20.8 Å². The van der Waals surface area contributed by atoms with E-state index >= 15 is 0 Å². The number of terminal acetylenes is 1. The molecule has 0 aliphatic rings. The van der Waals surface area contributed by atoms with Crippen LogP contribution in [0.4, 0.5) is 4.79 Å². The van der Waals surface area contributed by atoms with Crippen LogP contribution >= 0.6 is 0 Å². The van der Waals surface area contributed by atoms with Crippen molar-refractivity contribution in [2.24, 2.45) is 5.92 Å². The Kier molecular flexibility index (Phi) is 8.38. The van der Waals surface area contributed by atoms with Gasteiger partial charge in [-0.25, -0.2) is 9.59 Å². The Morgan fingerprint density at radius 2 is 2.00 bits per heavy atom. The number of carbonyl (C=O) groups excluding carboxylic acids is 1. The number of ether oxygens (including phenoxy) is 1. The van der Waals surface area contributed by atoms with Gasteiger partial charge in [0.2, 0.25) is 0 Å². The second-order valence-corrected chi connectivity index (χ2v) is 4.43. The number of rotatable bonds is 8. The summed E-state index contributed by atoms with van der Waals surface area (Å²) in [4.78, 5) is 22.6. The third-order valence-electron chi connectivity index (χ3n) is 2.55. The summed E-state index contributed by atoms with van der Waals surface area (Å²) in [6.07, 6.45) is 5.00. The maximum absolute atomic E-state index is 11.7. The van der Waals surface area contributed by atoms with Gasteiger partial charge in [-0.15, -0.1) is 12.3 Å². The molecule has 0 fully saturated rings. The van der Waals surface area contributed by atoms with E-state index in [1.54, 1.807) is 0 Å². The van der Waals surface area contributed by atoms with E-state index in [4.69, 9.17) is 16.3 Å². The van der Waals surface area contributed by atoms with Gasteiger partial charge < -0.3 is 20.5 Å². The maximum Gasteiger partial charge on any atom is 0.327 e. The van der Waals surface area contributed by atoms with Gasteiger partial charge in [0.15, 0.2) is 0 Å². The third kappa shape index (κ3) is 7.32. The van der Waals surface area contributed by atoms with Gasteiger partial charge in [0.25, 0.3) is 0 Å². The molecule has 2 amide bonds. The molecule has 2 unspecified atom stereocenters. The van der Waals surface area contributed by atoms with Gasteiger partial charge in [-0.1, -0.05) is 13.8 Å². The summed E-state index contributed by atoms with van der Waals surface area (Å²) in [6.45, 7) is 6.70. The lowest BCUT2D eigenvalue weighted by Gasteiger charge is -2.23. The smallest absolute Gasteiger partial charge is 0.327 e. The molecule has 3 N–H and O–H groups in total. The summed E-state index contributed by atoms with van der Waals surface area (Å²) in [5.74, 6) is 1.24. The molecule has 0 saturated carbocycles. The first-order valence-electron chi connectivity index (χ1n) is 6.23. The molecule has 0 saturated heterocycles. The Morgan fingerprint density at radius 3 is 2.42 bits per heavy atom. The number of hydrogen-bond donors (Lipinski definition) is 3. The highest BCUT2D eigenvalue weighted by molar-refractivity contribution is 5.82. The minimum atomic E-state index is -1.15. The quantitative estimate of drug-likeness (QED) is 0.570. The van der Waals surface area contributed by atoms with Crippen LogP contribution in [0.2, 0.25) is 0 Å². The van der Waals surface area contributed by atoms with Crippen molar-refractivity contribution in [3.8, 4) is 12.3 Å². The zero-order chi connectivity index (χ0) is 14.8. The minimum Gasteiger partial charge on any atom is -0.480 e. The van der Waals surface area contributed by atoms with Crippen molar-refractivity contribution in [1.82, 2.24) is 10.6 Å². The molecular formula is C13H22N2O4. The summed E-state index contributed by atoms with van der Waals surface area (Å²) in [6, 6.07) is -1.81. The van der Waals surface area contributed by atoms with E-state index in [9.17, 15) is 9.59 Å². The predicted octanol–water partition coefficient (Wildman–Crippen LogP) is 0.823. The first-order chi connectivity index (χ1) is 8.92. The number of aliphatic carboxylic acids is 1. The Balaban J connectivity index is 4.39. The molecule has 108 valence electrons. The zero-order valence-corrected chi connectivity index (χ0v) is 11.6. The number of hydrogen-bond acceptors (Lipinski definition) is 3. The number of amides is 2. The van der Waals surface area contributed by atoms with Crippen LogP contribution in [-0.4, -0.2) is 42.4 Å². The van der Waals surface area contributed by atoms with Crippen molar-refractivity contribution >= 4 is 12.0 Å². The molecule has 0 aliphatic heterocycles. The van der Waals surface area contributed by atoms with Crippen molar-refractivity contribution in [1.29, 1.82) is 0 Å². The topological polar surface area (TPSA) is 87.7 Å². The van der Waals surface area contributed by atoms with Gasteiger partial charge >= 0.3 is 12.0 Å². The molecule has 2 atom stereocenters. The summed E-state index contributed by atoms with van der Waals surface area (Å²) in [5, 5.41) is 13.9. The molecule has 0 bridgehead atoms. The van der Waals surface area contributed by atoms with Crippen LogP contribution in [0.3, 0.4) is 0 Å². The van der Waals surface area contributed by atoms with E-state index in [0.717, 1.165) is 0 Å². The summed E-state index contributed by atoms with van der Waals surface area (Å²) in [7, 11) is 0. The van der Waals surface area contributed by atoms with E-state index < -0.39 is 18.0 Å². The van der Waals surface area contributed by atoms with Crippen molar-refractivity contribution in [2.75, 3.05) is 13.2 Å². The van der Waals surface area contributed by atoms with Crippen LogP contribution in [-0.2, 0) is 9.53 Å². The number of nitrogens with one attached hydrogen (secondary N) is 2. The normalized spacial score (nSPS) is 13.4. The number of carboxylic acid groups (broad SMARTS) is 1. The Morgan fingerprint density at radius 1 is 1.37 bits per heavy atom. The monoisotopic (exact) mass is 270 g/mol. The summed E-state index contributed by atoms with van der Waals surface area (Å²) >= 11 is 0. The zero-order valence-electron chi connectivity index (χ0n) is 11.6. The third-order valence-corrected chi connectivity index (χ3v) is 2.55. The largest absolute Gasteiger partial charge is 0.480 e. The van der Waals surface area contributed by atoms with E-state index in [-0.39, 0.29) is 18.4 Å². The molecule has 0 aromatic rings. The van der Waals surface area contributed by atoms with Gasteiger partial charge in [-0.2, -0.15) is 0 Å². The molecule has 19 heavy (non-hydrogen) atoms. The van der Waals surface area contributed by atoms with Gasteiger partial charge in [0, 0.05) is 13.0 Å². The fraction of sp³-hybridized carbons (Fsp3) is 0.692. The molecule has 6 heteroatoms. The minimum absolute atomic E-state index is 0.0550. The Bertz CT molecular complexity index is 336. The molecule has 6 nitrogen and oxygen atoms in total. The van der Waals surface area contributed by atoms with Gasteiger partial charge in [-0.05, 0) is 12.8 Å². The molecule has 0 aromatic heterocycles. The molecule has 0 heterocycles. The molecule has 0 aliphatic carbocycles. The standard InChI is InChI=1S/C13H22N2O4/c1-5-7-10(12(16)17)14-13(18)15-11(9(3)4)8-19-6-2/h1,9-11H,6-8H2,2-4H3,(H,16,17)(H2,14,15,18). The Labute approximate surface area is 113 Å². The van der Waals surface area contributed by atoms with E-state index in [0.29, 0.717) is 13.2 Å². The van der Waals surface area contributed by atoms with Crippen LogP contribution < -0.4 is 10.6 Å². The first kappa shape index (κ1) is 17.3. The van der Waals surface area contributed by atoms with Gasteiger partial charge in [-0.3, -0.25) is 0 Å². The summed E-state index contributed by atoms with van der Waals surface area (Å²) < 4.78 is 5.27. The van der Waals surface area contributed by atoms with Crippen molar-refractivity contribution < 1.29 is 19.4 Å². The molecular weight excluding hydrogens is 248 g/mol. The number of carboxylic acids is 1. The average molecular weight is 270 g/mol. The van der Waals surface area contributed by atoms with E-state index in [1.165, 1.54) is 0 Å². The SMILES string of the molecule is C#CCC(NC(=O)NC(COCC)C(C)C)C(=O)O. The molecule has 0 aromatic carbocycles. The van der Waals surface area contributed by atoms with Crippen molar-refractivity contribution in [3.63, 3.8) is 0 Å². The lowest BCUT2D eigenvalue weighted by atomic mass is 10.1. The average Bonchev–Trinajstić information content (AvgIpc) is 2.33. The number of carbonyl (C=O) groups is 2. The number of urea groups is 1. The van der Waals surface area contributed by atoms with E-state index in [2.05, 4.69) is 16.6 Å². The molecule has 0 rings (SSSR count). The lowest BCUT2D eigenvalue weighted by molar-refractivity contribution is -0.139. The second-order valence-electron chi connectivity index (χ2n) is 4.43. The lowest BCUT2D eigenvalue weighted by Crippen LogP contribution is -2.51. The highest BCUT2D eigenvalue weighted by atomic mass is 16.5. The van der Waals surface area contributed by atoms with Crippen LogP contribution in [0.1, 0.15) is 27.2 Å².